The van der Waals surface area contributed by atoms with Crippen molar-refractivity contribution in [1.82, 2.24) is 0 Å². The molecule has 20 heavy (non-hydrogen) atoms. The van der Waals surface area contributed by atoms with Crippen LogP contribution in [0.4, 0.5) is 0 Å². The Balaban J connectivity index is 0.000000520. The van der Waals surface area contributed by atoms with E-state index in [1.54, 1.807) is 0 Å². The van der Waals surface area contributed by atoms with E-state index in [0.717, 1.165) is 11.8 Å². The van der Waals surface area contributed by atoms with E-state index in [9.17, 15) is 0 Å². The highest BCUT2D eigenvalue weighted by Gasteiger charge is 2.20. The summed E-state index contributed by atoms with van der Waals surface area (Å²) in [6.07, 6.45) is 9.73. The summed E-state index contributed by atoms with van der Waals surface area (Å²) in [6.45, 7) is 10.9. The van der Waals surface area contributed by atoms with Gasteiger partial charge in [0.25, 0.3) is 0 Å². The second kappa shape index (κ2) is 13.2. The van der Waals surface area contributed by atoms with Crippen LogP contribution in [0.2, 0.25) is 0 Å². The summed E-state index contributed by atoms with van der Waals surface area (Å²) in [5.41, 5.74) is 1.53. The zero-order valence-corrected chi connectivity index (χ0v) is 14.5. The van der Waals surface area contributed by atoms with Gasteiger partial charge < -0.3 is 0 Å². The second-order valence-corrected chi connectivity index (χ2v) is 6.01. The van der Waals surface area contributed by atoms with Crippen LogP contribution in [-0.2, 0) is 0 Å². The molecule has 1 aliphatic rings. The van der Waals surface area contributed by atoms with Crippen LogP contribution >= 0.6 is 0 Å². The highest BCUT2D eigenvalue weighted by atomic mass is 14.3. The minimum atomic E-state index is 0.761. The van der Waals surface area contributed by atoms with Gasteiger partial charge in [0.1, 0.15) is 0 Å². The summed E-state index contributed by atoms with van der Waals surface area (Å²) in [5.74, 6) is 1.70. The van der Waals surface area contributed by atoms with Gasteiger partial charge in [0.15, 0.2) is 0 Å². The van der Waals surface area contributed by atoms with Gasteiger partial charge in [-0.2, -0.15) is 0 Å². The van der Waals surface area contributed by atoms with Gasteiger partial charge >= 0.3 is 0 Å². The number of hydrogen-bond donors (Lipinski definition) is 0. The predicted octanol–water partition coefficient (Wildman–Crippen LogP) is 7.20. The van der Waals surface area contributed by atoms with Gasteiger partial charge in [-0.05, 0) is 30.2 Å². The van der Waals surface area contributed by atoms with Gasteiger partial charge in [0.05, 0.1) is 0 Å². The van der Waals surface area contributed by atoms with E-state index in [4.69, 9.17) is 0 Å². The molecule has 0 amide bonds. The Morgan fingerprint density at radius 2 is 1.30 bits per heavy atom. The highest BCUT2D eigenvalue weighted by Crippen LogP contribution is 2.35. The third-order valence-electron chi connectivity index (χ3n) is 3.68. The molecule has 1 atom stereocenters. The van der Waals surface area contributed by atoms with Gasteiger partial charge in [-0.15, -0.1) is 0 Å². The molecule has 0 saturated heterocycles. The van der Waals surface area contributed by atoms with Gasteiger partial charge in [0, 0.05) is 0 Å². The zero-order chi connectivity index (χ0) is 15.2. The lowest BCUT2D eigenvalue weighted by Crippen LogP contribution is -2.13. The average molecular weight is 277 g/mol. The molecule has 1 aromatic carbocycles. The van der Waals surface area contributed by atoms with Crippen LogP contribution in [0.15, 0.2) is 30.3 Å². The Kier molecular flexibility index (Phi) is 12.7. The smallest absolute Gasteiger partial charge is 0.0162 e. The predicted molar refractivity (Wildman–Crippen MR) is 93.4 cm³/mol. The number of hydrogen-bond acceptors (Lipinski definition) is 0. The van der Waals surface area contributed by atoms with Gasteiger partial charge in [0.2, 0.25) is 0 Å². The lowest BCUT2D eigenvalue weighted by Gasteiger charge is -2.27. The number of rotatable bonds is 2. The molecule has 1 aromatic rings. The molecule has 1 fully saturated rings. The van der Waals surface area contributed by atoms with Crippen LogP contribution in [0.3, 0.4) is 0 Å². The van der Waals surface area contributed by atoms with Crippen LogP contribution in [0.25, 0.3) is 0 Å². The van der Waals surface area contributed by atoms with E-state index in [-0.39, 0.29) is 0 Å². The summed E-state index contributed by atoms with van der Waals surface area (Å²) >= 11 is 0. The molecule has 0 nitrogen and oxygen atoms in total. The third kappa shape index (κ3) is 8.40. The van der Waals surface area contributed by atoms with Crippen molar-refractivity contribution in [2.75, 3.05) is 0 Å². The van der Waals surface area contributed by atoms with Crippen LogP contribution < -0.4 is 0 Å². The van der Waals surface area contributed by atoms with Gasteiger partial charge in [-0.1, -0.05) is 97.1 Å². The quantitative estimate of drug-likeness (QED) is 0.535. The summed E-state index contributed by atoms with van der Waals surface area (Å²) in [4.78, 5) is 0. The standard InChI is InChI=1S/C14H20.2C3H8/c1-12(13-8-4-2-5-9-13)14-10-6-3-7-11-14;2*1-3-2/h2,4-5,8-9,12,14H,3,6-7,10-11H2,1H3;2*3H2,1-2H3. The van der Waals surface area contributed by atoms with E-state index >= 15 is 0 Å². The molecule has 0 spiro atoms. The van der Waals surface area contributed by atoms with Crippen molar-refractivity contribution in [1.29, 1.82) is 0 Å². The molecule has 0 heterocycles. The van der Waals surface area contributed by atoms with E-state index in [1.807, 2.05) is 0 Å². The average Bonchev–Trinajstić information content (AvgIpc) is 2.50. The maximum Gasteiger partial charge on any atom is -0.0162 e. The molecule has 0 radical (unpaired) electrons. The Morgan fingerprint density at radius 3 is 1.75 bits per heavy atom. The Morgan fingerprint density at radius 1 is 0.850 bits per heavy atom. The minimum Gasteiger partial charge on any atom is -0.0656 e. The molecular weight excluding hydrogens is 240 g/mol. The van der Waals surface area contributed by atoms with E-state index in [1.165, 1.54) is 50.5 Å². The Hall–Kier alpha value is -0.780. The van der Waals surface area contributed by atoms with Crippen molar-refractivity contribution in [3.8, 4) is 0 Å². The maximum atomic E-state index is 2.39. The molecule has 0 aliphatic heterocycles. The molecule has 0 heteroatoms. The van der Waals surface area contributed by atoms with Crippen LogP contribution in [0.1, 0.15) is 91.0 Å². The molecule has 0 aromatic heterocycles. The third-order valence-corrected chi connectivity index (χ3v) is 3.68. The molecule has 1 unspecified atom stereocenters. The van der Waals surface area contributed by atoms with Crippen LogP contribution in [0, 0.1) is 5.92 Å². The first-order valence-electron chi connectivity index (χ1n) is 8.75. The lowest BCUT2D eigenvalue weighted by atomic mass is 9.78. The Bertz CT molecular complexity index is 280. The van der Waals surface area contributed by atoms with E-state index in [0.29, 0.717) is 0 Å². The van der Waals surface area contributed by atoms with Crippen LogP contribution in [-0.4, -0.2) is 0 Å². The van der Waals surface area contributed by atoms with Crippen LogP contribution in [0.5, 0.6) is 0 Å². The fourth-order valence-electron chi connectivity index (χ4n) is 2.66. The fraction of sp³-hybridized carbons (Fsp3) is 0.700. The molecule has 2 rings (SSSR count). The van der Waals surface area contributed by atoms with Crippen molar-refractivity contribution in [2.45, 2.75) is 85.5 Å². The van der Waals surface area contributed by atoms with Crippen molar-refractivity contribution in [3.63, 3.8) is 0 Å². The minimum absolute atomic E-state index is 0.761. The first kappa shape index (κ1) is 19.2. The topological polar surface area (TPSA) is 0 Å². The van der Waals surface area contributed by atoms with E-state index < -0.39 is 0 Å². The second-order valence-electron chi connectivity index (χ2n) is 6.01. The molecule has 116 valence electrons. The largest absolute Gasteiger partial charge is 0.0656 e. The molecular formula is C20H36. The maximum absolute atomic E-state index is 2.39. The molecule has 0 bridgehead atoms. The zero-order valence-electron chi connectivity index (χ0n) is 14.5. The molecule has 0 N–H and O–H groups in total. The molecule has 1 saturated carbocycles. The van der Waals surface area contributed by atoms with Crippen molar-refractivity contribution in [3.05, 3.63) is 35.9 Å². The summed E-state index contributed by atoms with van der Waals surface area (Å²) in [7, 11) is 0. The summed E-state index contributed by atoms with van der Waals surface area (Å²) < 4.78 is 0. The first-order valence-corrected chi connectivity index (χ1v) is 8.75. The SMILES string of the molecule is CC(c1ccccc1)C1CCCCC1.CCC.CCC. The summed E-state index contributed by atoms with van der Waals surface area (Å²) in [5, 5.41) is 0. The lowest BCUT2D eigenvalue weighted by molar-refractivity contribution is 0.316. The Labute approximate surface area is 128 Å². The van der Waals surface area contributed by atoms with Crippen molar-refractivity contribution < 1.29 is 0 Å². The molecule has 1 aliphatic carbocycles. The fourth-order valence-corrected chi connectivity index (χ4v) is 2.66. The van der Waals surface area contributed by atoms with Crippen molar-refractivity contribution in [2.24, 2.45) is 5.92 Å². The first-order chi connectivity index (χ1) is 9.71. The summed E-state index contributed by atoms with van der Waals surface area (Å²) in [6, 6.07) is 11.0. The van der Waals surface area contributed by atoms with Gasteiger partial charge in [-0.3, -0.25) is 0 Å². The normalized spacial score (nSPS) is 16.2. The highest BCUT2D eigenvalue weighted by molar-refractivity contribution is 5.19. The number of benzene rings is 1. The van der Waals surface area contributed by atoms with E-state index in [2.05, 4.69) is 65.0 Å². The van der Waals surface area contributed by atoms with Gasteiger partial charge in [-0.25, -0.2) is 0 Å². The monoisotopic (exact) mass is 276 g/mol. The van der Waals surface area contributed by atoms with Crippen molar-refractivity contribution >= 4 is 0 Å².